The predicted octanol–water partition coefficient (Wildman–Crippen LogP) is 4.31. The van der Waals surface area contributed by atoms with E-state index in [1.807, 2.05) is 0 Å². The summed E-state index contributed by atoms with van der Waals surface area (Å²) in [6, 6.07) is 8.81. The second kappa shape index (κ2) is 6.38. The van der Waals surface area contributed by atoms with Gasteiger partial charge in [-0.25, -0.2) is 0 Å². The van der Waals surface area contributed by atoms with Gasteiger partial charge in [-0.15, -0.1) is 0 Å². The fraction of sp³-hybridized carbons (Fsp3) is 0.647. The molecule has 1 aromatic rings. The zero-order chi connectivity index (χ0) is 12.8. The van der Waals surface area contributed by atoms with Crippen LogP contribution in [0.5, 0.6) is 0 Å². The number of rotatable bonds is 6. The van der Waals surface area contributed by atoms with Crippen LogP contribution in [-0.4, -0.2) is 6.54 Å². The molecule has 1 aromatic carbocycles. The normalized spacial score (nSPS) is 18.1. The number of aryl methyl sites for hydroxylation is 1. The van der Waals surface area contributed by atoms with Gasteiger partial charge in [0.05, 0.1) is 0 Å². The van der Waals surface area contributed by atoms with Crippen molar-refractivity contribution in [1.29, 1.82) is 0 Å². The Balaban J connectivity index is 1.88. The minimum absolute atomic E-state index is 0.598. The van der Waals surface area contributed by atoms with Crippen LogP contribution in [0.25, 0.3) is 0 Å². The second-order valence-electron chi connectivity index (χ2n) is 5.79. The number of hydrogen-bond donors (Lipinski definition) is 1. The lowest BCUT2D eigenvalue weighted by Gasteiger charge is -2.28. The predicted molar refractivity (Wildman–Crippen MR) is 78.7 cm³/mol. The molecule has 2 rings (SSSR count). The Labute approximate surface area is 112 Å². The molecule has 1 nitrogen and oxygen atoms in total. The minimum Gasteiger partial charge on any atom is -0.312 e. The first-order chi connectivity index (χ1) is 8.79. The van der Waals surface area contributed by atoms with Gasteiger partial charge in [-0.05, 0) is 42.2 Å². The lowest BCUT2D eigenvalue weighted by atomic mass is 9.83. The van der Waals surface area contributed by atoms with Gasteiger partial charge >= 0.3 is 0 Å². The Hall–Kier alpha value is -0.820. The highest BCUT2D eigenvalue weighted by Gasteiger charge is 2.31. The van der Waals surface area contributed by atoms with Crippen molar-refractivity contribution in [3.63, 3.8) is 0 Å². The summed E-state index contributed by atoms with van der Waals surface area (Å²) in [6.07, 6.45) is 8.17. The standard InChI is InChI=1S/C17H27N/c1-3-15-9-5-6-10-16(15)13-18-14-17(4-2)11-7-8-12-17/h5-6,9-10,18H,3-4,7-8,11-14H2,1-2H3. The first-order valence-electron chi connectivity index (χ1n) is 7.57. The van der Waals surface area contributed by atoms with Gasteiger partial charge in [0.15, 0.2) is 0 Å². The molecule has 1 aliphatic carbocycles. The smallest absolute Gasteiger partial charge is 0.0208 e. The van der Waals surface area contributed by atoms with E-state index >= 15 is 0 Å². The molecule has 1 aliphatic rings. The maximum atomic E-state index is 3.71. The third-order valence-electron chi connectivity index (χ3n) is 4.73. The van der Waals surface area contributed by atoms with Crippen molar-refractivity contribution in [3.8, 4) is 0 Å². The van der Waals surface area contributed by atoms with E-state index in [2.05, 4.69) is 43.4 Å². The molecule has 0 amide bonds. The lowest BCUT2D eigenvalue weighted by molar-refractivity contribution is 0.268. The Morgan fingerprint density at radius 2 is 1.72 bits per heavy atom. The molecule has 0 atom stereocenters. The zero-order valence-corrected chi connectivity index (χ0v) is 12.0. The highest BCUT2D eigenvalue weighted by atomic mass is 14.9. The fourth-order valence-electron chi connectivity index (χ4n) is 3.32. The molecule has 0 unspecified atom stereocenters. The molecule has 1 saturated carbocycles. The molecule has 18 heavy (non-hydrogen) atoms. The molecule has 0 bridgehead atoms. The summed E-state index contributed by atoms with van der Waals surface area (Å²) in [5, 5.41) is 3.71. The maximum Gasteiger partial charge on any atom is 0.0208 e. The van der Waals surface area contributed by atoms with Crippen LogP contribution in [-0.2, 0) is 13.0 Å². The summed E-state index contributed by atoms with van der Waals surface area (Å²) < 4.78 is 0. The van der Waals surface area contributed by atoms with E-state index in [4.69, 9.17) is 0 Å². The second-order valence-corrected chi connectivity index (χ2v) is 5.79. The van der Waals surface area contributed by atoms with Crippen LogP contribution >= 0.6 is 0 Å². The van der Waals surface area contributed by atoms with Gasteiger partial charge in [-0.3, -0.25) is 0 Å². The van der Waals surface area contributed by atoms with Gasteiger partial charge < -0.3 is 5.32 Å². The van der Waals surface area contributed by atoms with Gasteiger partial charge in [0.1, 0.15) is 0 Å². The van der Waals surface area contributed by atoms with Crippen molar-refractivity contribution in [1.82, 2.24) is 5.32 Å². The van der Waals surface area contributed by atoms with E-state index in [0.717, 1.165) is 13.0 Å². The van der Waals surface area contributed by atoms with E-state index in [9.17, 15) is 0 Å². The summed E-state index contributed by atoms with van der Waals surface area (Å²) in [6.45, 7) is 6.82. The van der Waals surface area contributed by atoms with Crippen LogP contribution in [0, 0.1) is 5.41 Å². The number of hydrogen-bond acceptors (Lipinski definition) is 1. The van der Waals surface area contributed by atoms with Crippen molar-refractivity contribution in [2.45, 2.75) is 58.9 Å². The van der Waals surface area contributed by atoms with Crippen molar-refractivity contribution in [2.24, 2.45) is 5.41 Å². The van der Waals surface area contributed by atoms with Crippen LogP contribution in [0.2, 0.25) is 0 Å². The first-order valence-corrected chi connectivity index (χ1v) is 7.57. The van der Waals surface area contributed by atoms with E-state index in [1.54, 1.807) is 0 Å². The average Bonchev–Trinajstić information content (AvgIpc) is 2.89. The van der Waals surface area contributed by atoms with E-state index in [-0.39, 0.29) is 0 Å². The van der Waals surface area contributed by atoms with E-state index in [0.29, 0.717) is 5.41 Å². The van der Waals surface area contributed by atoms with E-state index in [1.165, 1.54) is 49.8 Å². The highest BCUT2D eigenvalue weighted by Crippen LogP contribution is 2.40. The molecular formula is C17H27N. The monoisotopic (exact) mass is 245 g/mol. The van der Waals surface area contributed by atoms with Crippen molar-refractivity contribution < 1.29 is 0 Å². The number of nitrogens with one attached hydrogen (secondary N) is 1. The third-order valence-corrected chi connectivity index (χ3v) is 4.73. The van der Waals surface area contributed by atoms with Gasteiger partial charge in [0.2, 0.25) is 0 Å². The van der Waals surface area contributed by atoms with Crippen molar-refractivity contribution >= 4 is 0 Å². The lowest BCUT2D eigenvalue weighted by Crippen LogP contribution is -2.31. The maximum absolute atomic E-state index is 3.71. The van der Waals surface area contributed by atoms with Gasteiger partial charge in [0, 0.05) is 13.1 Å². The molecule has 1 fully saturated rings. The van der Waals surface area contributed by atoms with Crippen LogP contribution < -0.4 is 5.32 Å². The Kier molecular flexibility index (Phi) is 4.82. The summed E-state index contributed by atoms with van der Waals surface area (Å²) in [4.78, 5) is 0. The Morgan fingerprint density at radius 3 is 2.33 bits per heavy atom. The molecule has 1 heteroatoms. The zero-order valence-electron chi connectivity index (χ0n) is 12.0. The Bertz CT molecular complexity index is 364. The first kappa shape index (κ1) is 13.6. The Morgan fingerprint density at radius 1 is 1.06 bits per heavy atom. The molecular weight excluding hydrogens is 218 g/mol. The van der Waals surface area contributed by atoms with Gasteiger partial charge in [0.25, 0.3) is 0 Å². The summed E-state index contributed by atoms with van der Waals surface area (Å²) in [5.41, 5.74) is 3.56. The average molecular weight is 245 g/mol. The highest BCUT2D eigenvalue weighted by molar-refractivity contribution is 5.26. The van der Waals surface area contributed by atoms with Crippen LogP contribution in [0.3, 0.4) is 0 Å². The SMILES string of the molecule is CCc1ccccc1CNCC1(CC)CCCC1. The third kappa shape index (κ3) is 3.14. The molecule has 0 aromatic heterocycles. The van der Waals surface area contributed by atoms with Crippen LogP contribution in [0.15, 0.2) is 24.3 Å². The summed E-state index contributed by atoms with van der Waals surface area (Å²) in [5.74, 6) is 0. The molecule has 100 valence electrons. The topological polar surface area (TPSA) is 12.0 Å². The largest absolute Gasteiger partial charge is 0.312 e. The quantitative estimate of drug-likeness (QED) is 0.787. The van der Waals surface area contributed by atoms with Gasteiger partial charge in [-0.2, -0.15) is 0 Å². The molecule has 0 spiro atoms. The molecule has 0 heterocycles. The molecule has 1 N–H and O–H groups in total. The molecule has 0 radical (unpaired) electrons. The van der Waals surface area contributed by atoms with Crippen LogP contribution in [0.4, 0.5) is 0 Å². The van der Waals surface area contributed by atoms with Gasteiger partial charge in [-0.1, -0.05) is 51.0 Å². The van der Waals surface area contributed by atoms with Crippen LogP contribution in [0.1, 0.15) is 57.1 Å². The van der Waals surface area contributed by atoms with Crippen molar-refractivity contribution in [3.05, 3.63) is 35.4 Å². The number of benzene rings is 1. The minimum atomic E-state index is 0.598. The summed E-state index contributed by atoms with van der Waals surface area (Å²) in [7, 11) is 0. The summed E-state index contributed by atoms with van der Waals surface area (Å²) >= 11 is 0. The molecule has 0 saturated heterocycles. The molecule has 0 aliphatic heterocycles. The van der Waals surface area contributed by atoms with Crippen molar-refractivity contribution in [2.75, 3.05) is 6.54 Å². The fourth-order valence-corrected chi connectivity index (χ4v) is 3.32. The van der Waals surface area contributed by atoms with E-state index < -0.39 is 0 Å².